The third-order valence-corrected chi connectivity index (χ3v) is 4.90. The van der Waals surface area contributed by atoms with Crippen LogP contribution in [0.25, 0.3) is 33.5 Å². The van der Waals surface area contributed by atoms with E-state index in [0.29, 0.717) is 10.6 Å². The molecule has 3 nitrogen and oxygen atoms in total. The standard InChI is InChI=1S/C24H18ClNO2/c1-28-20-13-9-18(10-14-20)23-21(16-5-3-2-4-6-16)15-22(26-24(23)27)17-7-11-19(25)12-8-17/h2-15H,1H3,(H,26,27). The van der Waals surface area contributed by atoms with Gasteiger partial charge in [-0.1, -0.05) is 66.2 Å². The van der Waals surface area contributed by atoms with Crippen molar-refractivity contribution in [3.05, 3.63) is 100 Å². The predicted octanol–water partition coefficient (Wildman–Crippen LogP) is 6.04. The molecule has 0 amide bonds. The molecule has 0 saturated heterocycles. The SMILES string of the molecule is COc1ccc(-c2c(-c3ccccc3)cc(-c3ccc(Cl)cc3)[nH]c2=O)cc1. The molecule has 0 atom stereocenters. The zero-order chi connectivity index (χ0) is 19.5. The number of pyridine rings is 1. The van der Waals surface area contributed by atoms with Gasteiger partial charge >= 0.3 is 0 Å². The lowest BCUT2D eigenvalue weighted by atomic mass is 9.94. The zero-order valence-electron chi connectivity index (χ0n) is 15.3. The van der Waals surface area contributed by atoms with Gasteiger partial charge in [-0.3, -0.25) is 4.79 Å². The van der Waals surface area contributed by atoms with Crippen molar-refractivity contribution in [3.8, 4) is 39.3 Å². The van der Waals surface area contributed by atoms with E-state index in [2.05, 4.69) is 4.98 Å². The Balaban J connectivity index is 1.94. The normalized spacial score (nSPS) is 10.6. The van der Waals surface area contributed by atoms with Gasteiger partial charge in [0.25, 0.3) is 5.56 Å². The average molecular weight is 388 g/mol. The Morgan fingerprint density at radius 1 is 0.786 bits per heavy atom. The number of aromatic nitrogens is 1. The van der Waals surface area contributed by atoms with Gasteiger partial charge in [-0.15, -0.1) is 0 Å². The third kappa shape index (κ3) is 3.57. The second kappa shape index (κ2) is 7.75. The molecule has 4 rings (SSSR count). The minimum Gasteiger partial charge on any atom is -0.497 e. The fourth-order valence-electron chi connectivity index (χ4n) is 3.23. The lowest BCUT2D eigenvalue weighted by Crippen LogP contribution is -2.11. The fraction of sp³-hybridized carbons (Fsp3) is 0.0417. The second-order valence-corrected chi connectivity index (χ2v) is 6.84. The van der Waals surface area contributed by atoms with Crippen LogP contribution in [0.4, 0.5) is 0 Å². The molecule has 0 radical (unpaired) electrons. The number of hydrogen-bond acceptors (Lipinski definition) is 2. The molecule has 0 fully saturated rings. The van der Waals surface area contributed by atoms with Crippen molar-refractivity contribution >= 4 is 11.6 Å². The van der Waals surface area contributed by atoms with Crippen LogP contribution in [0.5, 0.6) is 5.75 Å². The number of H-pyrrole nitrogens is 1. The number of methoxy groups -OCH3 is 1. The van der Waals surface area contributed by atoms with E-state index in [1.54, 1.807) is 7.11 Å². The van der Waals surface area contributed by atoms with Gasteiger partial charge in [0.15, 0.2) is 0 Å². The van der Waals surface area contributed by atoms with Gasteiger partial charge in [-0.05, 0) is 52.6 Å². The van der Waals surface area contributed by atoms with Crippen LogP contribution in [-0.2, 0) is 0 Å². The molecule has 4 aromatic rings. The van der Waals surface area contributed by atoms with Crippen molar-refractivity contribution in [2.75, 3.05) is 7.11 Å². The molecule has 1 N–H and O–H groups in total. The molecule has 0 aliphatic heterocycles. The Hall–Kier alpha value is -3.30. The number of ether oxygens (including phenoxy) is 1. The van der Waals surface area contributed by atoms with Gasteiger partial charge in [-0.25, -0.2) is 0 Å². The minimum absolute atomic E-state index is 0.142. The summed E-state index contributed by atoms with van der Waals surface area (Å²) in [6.45, 7) is 0. The Morgan fingerprint density at radius 2 is 1.43 bits per heavy atom. The molecule has 1 heterocycles. The van der Waals surface area contributed by atoms with Crippen LogP contribution in [0.1, 0.15) is 0 Å². The van der Waals surface area contributed by atoms with Gasteiger partial charge in [-0.2, -0.15) is 0 Å². The summed E-state index contributed by atoms with van der Waals surface area (Å²) in [5, 5.41) is 0.657. The molecular formula is C24H18ClNO2. The van der Waals surface area contributed by atoms with E-state index in [0.717, 1.165) is 33.7 Å². The highest BCUT2D eigenvalue weighted by atomic mass is 35.5. The lowest BCUT2D eigenvalue weighted by Gasteiger charge is -2.13. The molecule has 3 aromatic carbocycles. The molecule has 1 aromatic heterocycles. The van der Waals surface area contributed by atoms with Crippen molar-refractivity contribution in [3.63, 3.8) is 0 Å². The maximum absolute atomic E-state index is 13.1. The van der Waals surface area contributed by atoms with Gasteiger partial charge in [0, 0.05) is 10.7 Å². The zero-order valence-corrected chi connectivity index (χ0v) is 16.0. The maximum atomic E-state index is 13.1. The molecule has 0 spiro atoms. The van der Waals surface area contributed by atoms with Gasteiger partial charge < -0.3 is 9.72 Å². The van der Waals surface area contributed by atoms with Crippen molar-refractivity contribution < 1.29 is 4.74 Å². The molecular weight excluding hydrogens is 370 g/mol. The van der Waals surface area contributed by atoms with Crippen molar-refractivity contribution in [1.82, 2.24) is 4.98 Å². The van der Waals surface area contributed by atoms with E-state index in [9.17, 15) is 4.79 Å². The van der Waals surface area contributed by atoms with E-state index in [-0.39, 0.29) is 5.56 Å². The average Bonchev–Trinajstić information content (AvgIpc) is 2.74. The third-order valence-electron chi connectivity index (χ3n) is 4.65. The number of aromatic amines is 1. The Labute approximate surface area is 168 Å². The van der Waals surface area contributed by atoms with E-state index in [4.69, 9.17) is 16.3 Å². The number of rotatable bonds is 4. The molecule has 0 saturated carbocycles. The van der Waals surface area contributed by atoms with Crippen LogP contribution in [0.15, 0.2) is 89.7 Å². The monoisotopic (exact) mass is 387 g/mol. The first-order valence-electron chi connectivity index (χ1n) is 8.89. The van der Waals surface area contributed by atoms with Crippen LogP contribution in [0.3, 0.4) is 0 Å². The molecule has 0 aliphatic rings. The molecule has 0 aliphatic carbocycles. The second-order valence-electron chi connectivity index (χ2n) is 6.40. The molecule has 4 heteroatoms. The summed E-state index contributed by atoms with van der Waals surface area (Å²) in [7, 11) is 1.62. The minimum atomic E-state index is -0.142. The van der Waals surface area contributed by atoms with Gasteiger partial charge in [0.2, 0.25) is 0 Å². The summed E-state index contributed by atoms with van der Waals surface area (Å²) in [5.74, 6) is 0.749. The van der Waals surface area contributed by atoms with Crippen LogP contribution >= 0.6 is 11.6 Å². The summed E-state index contributed by atoms with van der Waals surface area (Å²) in [6, 6.07) is 26.9. The fourth-order valence-corrected chi connectivity index (χ4v) is 3.36. The van der Waals surface area contributed by atoms with E-state index >= 15 is 0 Å². The Bertz CT molecular complexity index is 1150. The van der Waals surface area contributed by atoms with Gasteiger partial charge in [0.05, 0.1) is 12.7 Å². The van der Waals surface area contributed by atoms with Crippen molar-refractivity contribution in [2.24, 2.45) is 0 Å². The lowest BCUT2D eigenvalue weighted by molar-refractivity contribution is 0.415. The van der Waals surface area contributed by atoms with Crippen molar-refractivity contribution in [1.29, 1.82) is 0 Å². The largest absolute Gasteiger partial charge is 0.497 e. The molecule has 138 valence electrons. The quantitative estimate of drug-likeness (QED) is 0.464. The summed E-state index contributed by atoms with van der Waals surface area (Å²) >= 11 is 6.01. The molecule has 0 unspecified atom stereocenters. The maximum Gasteiger partial charge on any atom is 0.256 e. The first-order valence-corrected chi connectivity index (χ1v) is 9.26. The number of hydrogen-bond donors (Lipinski definition) is 1. The molecule has 0 bridgehead atoms. The Kier molecular flexibility index (Phi) is 5.00. The van der Waals surface area contributed by atoms with Crippen molar-refractivity contribution in [2.45, 2.75) is 0 Å². The number of benzene rings is 3. The smallest absolute Gasteiger partial charge is 0.256 e. The summed E-state index contributed by atoms with van der Waals surface area (Å²) < 4.78 is 5.24. The van der Waals surface area contributed by atoms with Gasteiger partial charge in [0.1, 0.15) is 5.75 Å². The Morgan fingerprint density at radius 3 is 2.07 bits per heavy atom. The first kappa shape index (κ1) is 18.1. The van der Waals surface area contributed by atoms with E-state index < -0.39 is 0 Å². The highest BCUT2D eigenvalue weighted by molar-refractivity contribution is 6.30. The number of nitrogens with one attached hydrogen (secondary N) is 1. The highest BCUT2D eigenvalue weighted by Gasteiger charge is 2.14. The van der Waals surface area contributed by atoms with Crippen LogP contribution in [-0.4, -0.2) is 12.1 Å². The number of halogens is 1. The summed E-state index contributed by atoms with van der Waals surface area (Å²) in [6.07, 6.45) is 0. The topological polar surface area (TPSA) is 42.1 Å². The van der Waals surface area contributed by atoms with E-state index in [1.165, 1.54) is 0 Å². The van der Waals surface area contributed by atoms with Crippen LogP contribution in [0, 0.1) is 0 Å². The molecule has 28 heavy (non-hydrogen) atoms. The van der Waals surface area contributed by atoms with Crippen LogP contribution in [0.2, 0.25) is 5.02 Å². The van der Waals surface area contributed by atoms with Crippen LogP contribution < -0.4 is 10.3 Å². The summed E-state index contributed by atoms with van der Waals surface area (Å²) in [5.41, 5.74) is 4.83. The summed E-state index contributed by atoms with van der Waals surface area (Å²) in [4.78, 5) is 16.1. The highest BCUT2D eigenvalue weighted by Crippen LogP contribution is 2.33. The van der Waals surface area contributed by atoms with E-state index in [1.807, 2.05) is 84.9 Å². The first-order chi connectivity index (χ1) is 13.7. The predicted molar refractivity (Wildman–Crippen MR) is 115 cm³/mol.